The van der Waals surface area contributed by atoms with Gasteiger partial charge in [0.15, 0.2) is 0 Å². The van der Waals surface area contributed by atoms with Crippen LogP contribution in [0.3, 0.4) is 0 Å². The highest BCUT2D eigenvalue weighted by Crippen LogP contribution is 2.38. The molecule has 1 aliphatic rings. The van der Waals surface area contributed by atoms with Crippen LogP contribution in [0.15, 0.2) is 0 Å². The van der Waals surface area contributed by atoms with Gasteiger partial charge in [0.05, 0.1) is 0 Å². The SMILES string of the molecule is CCC1(CC)CCN(S(=O)(=O)CBr)C1. The minimum Gasteiger partial charge on any atom is -0.211 e. The number of rotatable bonds is 4. The summed E-state index contributed by atoms with van der Waals surface area (Å²) < 4.78 is 24.9. The summed E-state index contributed by atoms with van der Waals surface area (Å²) in [4.78, 5) is 0. The van der Waals surface area contributed by atoms with E-state index < -0.39 is 10.0 Å². The number of hydrogen-bond donors (Lipinski definition) is 0. The van der Waals surface area contributed by atoms with Crippen LogP contribution in [0.25, 0.3) is 0 Å². The third kappa shape index (κ3) is 2.31. The van der Waals surface area contributed by atoms with Gasteiger partial charge in [-0.15, -0.1) is 0 Å². The first-order chi connectivity index (χ1) is 6.49. The van der Waals surface area contributed by atoms with Gasteiger partial charge in [0.2, 0.25) is 10.0 Å². The molecule has 3 nitrogen and oxygen atoms in total. The molecule has 0 amide bonds. The van der Waals surface area contributed by atoms with Crippen LogP contribution in [0.4, 0.5) is 0 Å². The summed E-state index contributed by atoms with van der Waals surface area (Å²) in [7, 11) is -3.04. The zero-order valence-electron chi connectivity index (χ0n) is 8.79. The van der Waals surface area contributed by atoms with Crippen molar-refractivity contribution in [3.8, 4) is 0 Å². The number of halogens is 1. The van der Waals surface area contributed by atoms with E-state index >= 15 is 0 Å². The van der Waals surface area contributed by atoms with Crippen molar-refractivity contribution in [2.45, 2.75) is 33.1 Å². The van der Waals surface area contributed by atoms with Crippen molar-refractivity contribution >= 4 is 26.0 Å². The molecule has 1 fully saturated rings. The molecule has 0 N–H and O–H groups in total. The topological polar surface area (TPSA) is 37.4 Å². The van der Waals surface area contributed by atoms with E-state index in [0.29, 0.717) is 13.1 Å². The van der Waals surface area contributed by atoms with Gasteiger partial charge in [-0.3, -0.25) is 0 Å². The summed E-state index contributed by atoms with van der Waals surface area (Å²) in [6, 6.07) is 0. The second-order valence-electron chi connectivity index (χ2n) is 4.01. The van der Waals surface area contributed by atoms with Crippen molar-refractivity contribution in [1.82, 2.24) is 4.31 Å². The van der Waals surface area contributed by atoms with E-state index in [-0.39, 0.29) is 10.1 Å². The smallest absolute Gasteiger partial charge is 0.211 e. The molecule has 0 aliphatic carbocycles. The molecule has 0 radical (unpaired) electrons. The minimum absolute atomic E-state index is 0.0451. The fraction of sp³-hybridized carbons (Fsp3) is 1.00. The van der Waals surface area contributed by atoms with Crippen LogP contribution in [-0.4, -0.2) is 30.5 Å². The van der Waals surface area contributed by atoms with Crippen LogP contribution in [0.1, 0.15) is 33.1 Å². The van der Waals surface area contributed by atoms with Gasteiger partial charge in [0.25, 0.3) is 0 Å². The molecule has 5 heteroatoms. The maximum atomic E-state index is 11.6. The molecular formula is C9H18BrNO2S. The Morgan fingerprint density at radius 2 is 1.93 bits per heavy atom. The predicted molar refractivity (Wildman–Crippen MR) is 61.9 cm³/mol. The van der Waals surface area contributed by atoms with E-state index in [9.17, 15) is 8.42 Å². The summed E-state index contributed by atoms with van der Waals surface area (Å²) >= 11 is 3.03. The summed E-state index contributed by atoms with van der Waals surface area (Å²) in [5, 5.41) is 0. The summed E-state index contributed by atoms with van der Waals surface area (Å²) in [6.07, 6.45) is 3.14. The molecule has 1 aliphatic heterocycles. The predicted octanol–water partition coefficient (Wildman–Crippen LogP) is 2.18. The second kappa shape index (κ2) is 4.49. The van der Waals surface area contributed by atoms with Crippen LogP contribution in [0, 0.1) is 5.41 Å². The van der Waals surface area contributed by atoms with Crippen molar-refractivity contribution in [3.63, 3.8) is 0 Å². The molecule has 0 aromatic rings. The first-order valence-electron chi connectivity index (χ1n) is 5.03. The quantitative estimate of drug-likeness (QED) is 0.742. The van der Waals surface area contributed by atoms with Crippen LogP contribution < -0.4 is 0 Å². The highest BCUT2D eigenvalue weighted by molar-refractivity contribution is 9.10. The van der Waals surface area contributed by atoms with Gasteiger partial charge in [-0.2, -0.15) is 0 Å². The Hall–Kier alpha value is 0.390. The Labute approximate surface area is 95.0 Å². The molecule has 0 aromatic carbocycles. The molecule has 0 atom stereocenters. The first kappa shape index (κ1) is 12.5. The van der Waals surface area contributed by atoms with Crippen LogP contribution in [-0.2, 0) is 10.0 Å². The molecule has 0 saturated carbocycles. The standard InChI is InChI=1S/C9H18BrNO2S/c1-3-9(4-2)5-6-11(7-9)14(12,13)8-10/h3-8H2,1-2H3. The third-order valence-electron chi connectivity index (χ3n) is 3.43. The highest BCUT2D eigenvalue weighted by atomic mass is 79.9. The van der Waals surface area contributed by atoms with Gasteiger partial charge in [-0.25, -0.2) is 12.7 Å². The summed E-state index contributed by atoms with van der Waals surface area (Å²) in [5.41, 5.74) is 0.231. The lowest BCUT2D eigenvalue weighted by Crippen LogP contribution is -2.32. The Kier molecular flexibility index (Phi) is 4.00. The Morgan fingerprint density at radius 3 is 2.29 bits per heavy atom. The number of sulfonamides is 1. The average Bonchev–Trinajstić information content (AvgIpc) is 2.63. The Morgan fingerprint density at radius 1 is 1.36 bits per heavy atom. The van der Waals surface area contributed by atoms with E-state index in [1.807, 2.05) is 0 Å². The van der Waals surface area contributed by atoms with Crippen molar-refractivity contribution in [2.24, 2.45) is 5.41 Å². The van der Waals surface area contributed by atoms with Crippen molar-refractivity contribution < 1.29 is 8.42 Å². The third-order valence-corrected chi connectivity index (χ3v) is 6.54. The van der Waals surface area contributed by atoms with Gasteiger partial charge in [0, 0.05) is 13.1 Å². The first-order valence-corrected chi connectivity index (χ1v) is 7.76. The van der Waals surface area contributed by atoms with Gasteiger partial charge in [0.1, 0.15) is 4.66 Å². The zero-order chi connectivity index (χ0) is 10.8. The Balaban J connectivity index is 2.74. The zero-order valence-corrected chi connectivity index (χ0v) is 11.2. The van der Waals surface area contributed by atoms with Gasteiger partial charge >= 0.3 is 0 Å². The van der Waals surface area contributed by atoms with Crippen molar-refractivity contribution in [2.75, 3.05) is 17.8 Å². The van der Waals surface area contributed by atoms with E-state index in [4.69, 9.17) is 0 Å². The highest BCUT2D eigenvalue weighted by Gasteiger charge is 2.39. The van der Waals surface area contributed by atoms with Gasteiger partial charge < -0.3 is 0 Å². The fourth-order valence-electron chi connectivity index (χ4n) is 2.03. The lowest BCUT2D eigenvalue weighted by Gasteiger charge is -2.25. The normalized spacial score (nSPS) is 22.8. The van der Waals surface area contributed by atoms with E-state index in [1.54, 1.807) is 4.31 Å². The lowest BCUT2D eigenvalue weighted by molar-refractivity contribution is 0.280. The maximum absolute atomic E-state index is 11.6. The maximum Gasteiger partial charge on any atom is 0.224 e. The lowest BCUT2D eigenvalue weighted by atomic mass is 9.82. The van der Waals surface area contributed by atoms with Crippen LogP contribution in [0.2, 0.25) is 0 Å². The monoisotopic (exact) mass is 283 g/mol. The minimum atomic E-state index is -3.04. The largest absolute Gasteiger partial charge is 0.224 e. The summed E-state index contributed by atoms with van der Waals surface area (Å²) in [5.74, 6) is 0. The Bertz CT molecular complexity index is 285. The fourth-order valence-corrected chi connectivity index (χ4v) is 3.87. The van der Waals surface area contributed by atoms with Crippen LogP contribution in [0.5, 0.6) is 0 Å². The molecule has 1 heterocycles. The van der Waals surface area contributed by atoms with E-state index in [2.05, 4.69) is 29.8 Å². The van der Waals surface area contributed by atoms with Gasteiger partial charge in [-0.05, 0) is 24.7 Å². The van der Waals surface area contributed by atoms with Crippen LogP contribution >= 0.6 is 15.9 Å². The van der Waals surface area contributed by atoms with Gasteiger partial charge in [-0.1, -0.05) is 29.8 Å². The molecule has 0 bridgehead atoms. The molecule has 0 aromatic heterocycles. The molecule has 14 heavy (non-hydrogen) atoms. The molecule has 0 spiro atoms. The number of hydrogen-bond acceptors (Lipinski definition) is 2. The number of nitrogens with zero attached hydrogens (tertiary/aromatic N) is 1. The molecule has 0 unspecified atom stereocenters. The molecule has 1 saturated heterocycles. The second-order valence-corrected chi connectivity index (χ2v) is 7.28. The van der Waals surface area contributed by atoms with E-state index in [1.165, 1.54) is 0 Å². The molecule has 84 valence electrons. The summed E-state index contributed by atoms with van der Waals surface area (Å²) in [6.45, 7) is 5.69. The molecular weight excluding hydrogens is 266 g/mol. The number of alkyl halides is 1. The van der Waals surface area contributed by atoms with Crippen molar-refractivity contribution in [3.05, 3.63) is 0 Å². The van der Waals surface area contributed by atoms with Crippen molar-refractivity contribution in [1.29, 1.82) is 0 Å². The molecule has 1 rings (SSSR count). The average molecular weight is 284 g/mol. The van der Waals surface area contributed by atoms with E-state index in [0.717, 1.165) is 19.3 Å².